The second kappa shape index (κ2) is 16.2. The van der Waals surface area contributed by atoms with Crippen molar-refractivity contribution in [1.29, 1.82) is 0 Å². The monoisotopic (exact) mass is 532 g/mol. The molecule has 0 saturated heterocycles. The molecule has 3 aromatic rings. The predicted molar refractivity (Wildman–Crippen MR) is 157 cm³/mol. The maximum absolute atomic E-state index is 12.6. The summed E-state index contributed by atoms with van der Waals surface area (Å²) in [6, 6.07) is 13.0. The number of unbranched alkanes of at least 4 members (excludes halogenated alkanes) is 6. The highest BCUT2D eigenvalue weighted by molar-refractivity contribution is 6.13. The fourth-order valence-electron chi connectivity index (χ4n) is 4.39. The molecule has 0 spiro atoms. The highest BCUT2D eigenvalue weighted by Crippen LogP contribution is 2.44. The van der Waals surface area contributed by atoms with E-state index < -0.39 is 12.3 Å². The van der Waals surface area contributed by atoms with Gasteiger partial charge in [0.25, 0.3) is 0 Å². The lowest BCUT2D eigenvalue weighted by Gasteiger charge is -2.17. The third-order valence-electron chi connectivity index (χ3n) is 6.41. The van der Waals surface area contributed by atoms with Crippen molar-refractivity contribution in [2.24, 2.45) is 0 Å². The number of hydrogen-bond donors (Lipinski definition) is 0. The maximum atomic E-state index is 12.6. The van der Waals surface area contributed by atoms with Gasteiger partial charge in [0.2, 0.25) is 0 Å². The van der Waals surface area contributed by atoms with E-state index in [1.54, 1.807) is 0 Å². The Hall–Kier alpha value is -3.80. The van der Waals surface area contributed by atoms with Gasteiger partial charge in [-0.2, -0.15) is 0 Å². The van der Waals surface area contributed by atoms with Crippen LogP contribution in [-0.4, -0.2) is 25.5 Å². The summed E-state index contributed by atoms with van der Waals surface area (Å²) in [7, 11) is 0. The minimum absolute atomic E-state index is 0.139. The molecule has 0 saturated carbocycles. The van der Waals surface area contributed by atoms with Gasteiger partial charge in [-0.05, 0) is 38.2 Å². The van der Waals surface area contributed by atoms with Crippen LogP contribution in [0.4, 0.5) is 9.59 Å². The van der Waals surface area contributed by atoms with Crippen molar-refractivity contribution in [3.05, 3.63) is 72.3 Å². The van der Waals surface area contributed by atoms with Gasteiger partial charge in [0.1, 0.15) is 19.0 Å². The Morgan fingerprint density at radius 3 is 1.72 bits per heavy atom. The lowest BCUT2D eigenvalue weighted by molar-refractivity contribution is 0.109. The smallest absolute Gasteiger partial charge is 0.430 e. The number of allylic oxidation sites excluding steroid dienone is 2. The number of ether oxygens (including phenoxy) is 4. The van der Waals surface area contributed by atoms with E-state index in [4.69, 9.17) is 18.9 Å². The van der Waals surface area contributed by atoms with Crippen molar-refractivity contribution in [3.8, 4) is 11.5 Å². The Bertz CT molecular complexity index is 1290. The molecule has 6 nitrogen and oxygen atoms in total. The van der Waals surface area contributed by atoms with Crippen LogP contribution in [0.25, 0.3) is 21.5 Å². The predicted octanol–water partition coefficient (Wildman–Crippen LogP) is 9.61. The average Bonchev–Trinajstić information content (AvgIpc) is 2.93. The summed E-state index contributed by atoms with van der Waals surface area (Å²) in [5.41, 5.74) is 0.866. The third kappa shape index (κ3) is 8.88. The van der Waals surface area contributed by atoms with Crippen molar-refractivity contribution in [3.63, 3.8) is 0 Å². The zero-order valence-electron chi connectivity index (χ0n) is 23.4. The van der Waals surface area contributed by atoms with Gasteiger partial charge in [-0.25, -0.2) is 9.59 Å². The molecule has 0 atom stereocenters. The highest BCUT2D eigenvalue weighted by atomic mass is 16.7. The zero-order valence-corrected chi connectivity index (χ0v) is 23.4. The summed E-state index contributed by atoms with van der Waals surface area (Å²) in [5.74, 6) is 0.725. The summed E-state index contributed by atoms with van der Waals surface area (Å²) in [6.07, 6.45) is 15.0. The van der Waals surface area contributed by atoms with E-state index in [9.17, 15) is 9.59 Å². The van der Waals surface area contributed by atoms with E-state index in [2.05, 4.69) is 13.8 Å². The summed E-state index contributed by atoms with van der Waals surface area (Å²) in [6.45, 7) is 6.52. The molecule has 0 unspecified atom stereocenters. The Morgan fingerprint density at radius 2 is 1.15 bits per heavy atom. The Morgan fingerprint density at radius 1 is 0.641 bits per heavy atom. The van der Waals surface area contributed by atoms with Crippen LogP contribution >= 0.6 is 0 Å². The lowest BCUT2D eigenvalue weighted by Crippen LogP contribution is -2.13. The molecule has 0 aromatic heterocycles. The van der Waals surface area contributed by atoms with Crippen LogP contribution in [0.3, 0.4) is 0 Å². The molecule has 0 aliphatic rings. The van der Waals surface area contributed by atoms with Gasteiger partial charge >= 0.3 is 12.3 Å². The third-order valence-corrected chi connectivity index (χ3v) is 6.41. The van der Waals surface area contributed by atoms with Crippen LogP contribution in [0.1, 0.15) is 70.8 Å². The molecule has 0 amide bonds. The van der Waals surface area contributed by atoms with Gasteiger partial charge in [0.15, 0.2) is 5.75 Å². The molecule has 0 radical (unpaired) electrons. The first-order valence-corrected chi connectivity index (χ1v) is 14.0. The molecule has 0 N–H and O–H groups in total. The molecule has 3 rings (SSSR count). The molecule has 208 valence electrons. The zero-order chi connectivity index (χ0) is 27.9. The van der Waals surface area contributed by atoms with E-state index in [1.165, 1.54) is 25.7 Å². The van der Waals surface area contributed by atoms with Gasteiger partial charge in [0, 0.05) is 21.5 Å². The van der Waals surface area contributed by atoms with Crippen LogP contribution in [0.15, 0.2) is 66.8 Å². The Balaban J connectivity index is 1.80. The molecular weight excluding hydrogens is 492 g/mol. The molecule has 0 fully saturated rings. The maximum Gasteiger partial charge on any atom is 0.514 e. The number of rotatable bonds is 14. The summed E-state index contributed by atoms with van der Waals surface area (Å²) in [5, 5.41) is 2.56. The van der Waals surface area contributed by atoms with Gasteiger partial charge < -0.3 is 18.9 Å². The van der Waals surface area contributed by atoms with Crippen molar-refractivity contribution in [2.75, 3.05) is 13.2 Å². The van der Waals surface area contributed by atoms with E-state index in [0.29, 0.717) is 33.0 Å². The quantitative estimate of drug-likeness (QED) is 0.0677. The summed E-state index contributed by atoms with van der Waals surface area (Å²) in [4.78, 5) is 25.3. The fourth-order valence-corrected chi connectivity index (χ4v) is 4.39. The average molecular weight is 533 g/mol. The van der Waals surface area contributed by atoms with Crippen molar-refractivity contribution >= 4 is 33.9 Å². The fraction of sp³-hybridized carbons (Fsp3) is 0.394. The largest absolute Gasteiger partial charge is 0.514 e. The molecule has 3 aromatic carbocycles. The number of fused-ring (bicyclic) bond motifs is 2. The number of carbonyl (C=O) groups excluding carboxylic acids is 2. The lowest BCUT2D eigenvalue weighted by atomic mass is 9.97. The first-order valence-electron chi connectivity index (χ1n) is 14.0. The van der Waals surface area contributed by atoms with Crippen LogP contribution in [0.5, 0.6) is 11.5 Å². The topological polar surface area (TPSA) is 71.1 Å². The number of carbonyl (C=O) groups is 2. The van der Waals surface area contributed by atoms with E-state index in [1.807, 2.05) is 73.7 Å². The van der Waals surface area contributed by atoms with E-state index >= 15 is 0 Å². The summed E-state index contributed by atoms with van der Waals surface area (Å²) < 4.78 is 22.1. The second-order valence-electron chi connectivity index (χ2n) is 9.46. The van der Waals surface area contributed by atoms with Gasteiger partial charge in [-0.3, -0.25) is 0 Å². The molecule has 0 aliphatic heterocycles. The number of hydrogen-bond acceptors (Lipinski definition) is 6. The van der Waals surface area contributed by atoms with Crippen LogP contribution in [0.2, 0.25) is 0 Å². The minimum Gasteiger partial charge on any atom is -0.430 e. The Kier molecular flexibility index (Phi) is 12.4. The standard InChI is InChI=1S/C33H40O6/c1-4-6-8-10-12-16-23-36-32(34)38-30-26-20-14-15-21-27(26)31(29-25(3)19-18-22-28(29)30)39-33(35)37-24-17-13-11-9-7-5-2/h12-22H,4-11,23-24H2,1-3H3/b16-12+,17-13+. The SMILES string of the molecule is CCCCC/C=C/COC(=O)Oc1c2ccccc2c(OC(=O)OC/C=C/CCCCC)c2c(C)cccc12. The first kappa shape index (κ1) is 29.8. The second-order valence-corrected chi connectivity index (χ2v) is 9.46. The van der Waals surface area contributed by atoms with Crippen LogP contribution in [-0.2, 0) is 9.47 Å². The van der Waals surface area contributed by atoms with Crippen molar-refractivity contribution < 1.29 is 28.5 Å². The number of benzene rings is 3. The van der Waals surface area contributed by atoms with E-state index in [0.717, 1.165) is 31.2 Å². The van der Waals surface area contributed by atoms with Gasteiger partial charge in [-0.1, -0.05) is 106 Å². The summed E-state index contributed by atoms with van der Waals surface area (Å²) >= 11 is 0. The van der Waals surface area contributed by atoms with Gasteiger partial charge in [-0.15, -0.1) is 0 Å². The normalized spacial score (nSPS) is 11.5. The molecule has 0 heterocycles. The van der Waals surface area contributed by atoms with Crippen molar-refractivity contribution in [2.45, 2.75) is 72.1 Å². The molecule has 0 bridgehead atoms. The highest BCUT2D eigenvalue weighted by Gasteiger charge is 2.22. The van der Waals surface area contributed by atoms with Crippen LogP contribution in [0, 0.1) is 6.92 Å². The molecule has 0 aliphatic carbocycles. The first-order chi connectivity index (χ1) is 19.1. The van der Waals surface area contributed by atoms with E-state index in [-0.39, 0.29) is 13.2 Å². The van der Waals surface area contributed by atoms with Crippen LogP contribution < -0.4 is 9.47 Å². The van der Waals surface area contributed by atoms with Gasteiger partial charge in [0.05, 0.1) is 0 Å². The molecule has 6 heteroatoms. The minimum atomic E-state index is -0.792. The molecule has 39 heavy (non-hydrogen) atoms. The Labute approximate surface area is 231 Å². The number of aryl methyl sites for hydroxylation is 1. The molecular formula is C33H40O6. The van der Waals surface area contributed by atoms with Crippen molar-refractivity contribution in [1.82, 2.24) is 0 Å².